The van der Waals surface area contributed by atoms with Crippen molar-refractivity contribution in [1.82, 2.24) is 9.78 Å². The Balaban J connectivity index is 1.96. The van der Waals surface area contributed by atoms with Crippen LogP contribution in [0.15, 0.2) is 35.3 Å². The molecule has 5 heteroatoms. The molecule has 0 bridgehead atoms. The Bertz CT molecular complexity index is 616. The summed E-state index contributed by atoms with van der Waals surface area (Å²) < 4.78 is 7.31. The van der Waals surface area contributed by atoms with Gasteiger partial charge in [-0.25, -0.2) is 9.67 Å². The van der Waals surface area contributed by atoms with Gasteiger partial charge in [0.2, 0.25) is 0 Å². The molecule has 3 rings (SSSR count). The van der Waals surface area contributed by atoms with Gasteiger partial charge in [0.1, 0.15) is 6.61 Å². The Labute approximate surface area is 111 Å². The number of anilines is 1. The average Bonchev–Trinajstić information content (AvgIpc) is 3.03. The molecule has 1 aliphatic rings. The lowest BCUT2D eigenvalue weighted by molar-refractivity contribution is 0.346. The minimum atomic E-state index is 0.582. The van der Waals surface area contributed by atoms with Gasteiger partial charge in [0.15, 0.2) is 0 Å². The van der Waals surface area contributed by atoms with Crippen molar-refractivity contribution in [2.24, 2.45) is 4.99 Å². The molecule has 1 aromatic carbocycles. The Morgan fingerprint density at radius 2 is 2.00 bits per heavy atom. The van der Waals surface area contributed by atoms with E-state index in [1.54, 1.807) is 0 Å². The summed E-state index contributed by atoms with van der Waals surface area (Å²) in [4.78, 5) is 4.24. The van der Waals surface area contributed by atoms with Gasteiger partial charge in [-0.3, -0.25) is 0 Å². The van der Waals surface area contributed by atoms with E-state index in [1.807, 2.05) is 48.9 Å². The molecule has 2 aromatic rings. The van der Waals surface area contributed by atoms with Crippen LogP contribution < -0.4 is 5.32 Å². The second-order valence-electron chi connectivity index (χ2n) is 4.45. The molecular formula is C14H16N4O. The van der Waals surface area contributed by atoms with Gasteiger partial charge in [-0.1, -0.05) is 18.2 Å². The minimum absolute atomic E-state index is 0.582. The summed E-state index contributed by atoms with van der Waals surface area (Å²) >= 11 is 0. The smallest absolute Gasteiger partial charge is 0.289 e. The van der Waals surface area contributed by atoms with Gasteiger partial charge in [0, 0.05) is 0 Å². The number of para-hydroxylation sites is 1. The van der Waals surface area contributed by atoms with Gasteiger partial charge in [0.25, 0.3) is 6.02 Å². The highest BCUT2D eigenvalue weighted by atomic mass is 16.5. The third-order valence-electron chi connectivity index (χ3n) is 3.11. The first kappa shape index (κ1) is 11.8. The molecule has 0 aliphatic carbocycles. The van der Waals surface area contributed by atoms with Crippen LogP contribution >= 0.6 is 0 Å². The van der Waals surface area contributed by atoms with Crippen molar-refractivity contribution in [3.63, 3.8) is 0 Å². The van der Waals surface area contributed by atoms with Gasteiger partial charge in [-0.15, -0.1) is 0 Å². The quantitative estimate of drug-likeness (QED) is 0.897. The predicted octanol–water partition coefficient (Wildman–Crippen LogP) is 2.29. The van der Waals surface area contributed by atoms with E-state index in [9.17, 15) is 0 Å². The third kappa shape index (κ3) is 2.19. The topological polar surface area (TPSA) is 51.4 Å². The number of aryl methyl sites for hydroxylation is 1. The van der Waals surface area contributed by atoms with Gasteiger partial charge in [-0.2, -0.15) is 5.10 Å². The largest absolute Gasteiger partial charge is 0.463 e. The molecule has 2 heterocycles. The van der Waals surface area contributed by atoms with Crippen molar-refractivity contribution in [2.75, 3.05) is 18.5 Å². The van der Waals surface area contributed by atoms with E-state index in [4.69, 9.17) is 4.74 Å². The fourth-order valence-electron chi connectivity index (χ4n) is 2.16. The first-order chi connectivity index (χ1) is 9.25. The number of nitrogens with one attached hydrogen (secondary N) is 1. The molecule has 98 valence electrons. The standard InChI is InChI=1S/C14H16N4O/c1-10-13(16-14-15-8-9-19-14)11(2)18(17-10)12-6-4-3-5-7-12/h3-7H,8-9H2,1-2H3,(H,15,16). The highest BCUT2D eigenvalue weighted by molar-refractivity contribution is 5.91. The summed E-state index contributed by atoms with van der Waals surface area (Å²) in [6, 6.07) is 10.7. The predicted molar refractivity (Wildman–Crippen MR) is 74.9 cm³/mol. The van der Waals surface area contributed by atoms with Crippen molar-refractivity contribution in [3.05, 3.63) is 41.7 Å². The maximum atomic E-state index is 5.38. The number of hydrogen-bond acceptors (Lipinski definition) is 4. The Kier molecular flexibility index (Phi) is 2.95. The van der Waals surface area contributed by atoms with E-state index in [1.165, 1.54) is 0 Å². The number of rotatable bonds is 2. The molecule has 5 nitrogen and oxygen atoms in total. The van der Waals surface area contributed by atoms with E-state index in [0.29, 0.717) is 19.2 Å². The molecule has 0 fully saturated rings. The molecule has 0 radical (unpaired) electrons. The molecule has 0 saturated carbocycles. The molecule has 0 saturated heterocycles. The van der Waals surface area contributed by atoms with Gasteiger partial charge in [-0.05, 0) is 26.0 Å². The van der Waals surface area contributed by atoms with Crippen LogP contribution in [-0.4, -0.2) is 29.0 Å². The van der Waals surface area contributed by atoms with Crippen molar-refractivity contribution in [3.8, 4) is 5.69 Å². The zero-order valence-electron chi connectivity index (χ0n) is 11.1. The number of nitrogens with zero attached hydrogens (tertiary/aromatic N) is 3. The SMILES string of the molecule is Cc1nn(-c2ccccc2)c(C)c1NC1=NCCO1. The van der Waals surface area contributed by atoms with Gasteiger partial charge < -0.3 is 10.1 Å². The van der Waals surface area contributed by atoms with Gasteiger partial charge >= 0.3 is 0 Å². The van der Waals surface area contributed by atoms with Crippen molar-refractivity contribution in [2.45, 2.75) is 13.8 Å². The number of ether oxygens (including phenoxy) is 1. The van der Waals surface area contributed by atoms with Crippen molar-refractivity contribution >= 4 is 11.7 Å². The average molecular weight is 256 g/mol. The molecule has 19 heavy (non-hydrogen) atoms. The minimum Gasteiger partial charge on any atom is -0.463 e. The second-order valence-corrected chi connectivity index (χ2v) is 4.45. The Morgan fingerprint density at radius 3 is 2.68 bits per heavy atom. The lowest BCUT2D eigenvalue weighted by Gasteiger charge is -2.07. The van der Waals surface area contributed by atoms with E-state index in [2.05, 4.69) is 15.4 Å². The zero-order valence-corrected chi connectivity index (χ0v) is 11.1. The summed E-state index contributed by atoms with van der Waals surface area (Å²) in [7, 11) is 0. The van der Waals surface area contributed by atoms with Crippen LogP contribution in [0.2, 0.25) is 0 Å². The normalized spacial score (nSPS) is 14.1. The maximum absolute atomic E-state index is 5.38. The Hall–Kier alpha value is -2.30. The van der Waals surface area contributed by atoms with Crippen LogP contribution in [0.1, 0.15) is 11.4 Å². The summed E-state index contributed by atoms with van der Waals surface area (Å²) in [5.74, 6) is 0. The van der Waals surface area contributed by atoms with Crippen LogP contribution in [-0.2, 0) is 4.74 Å². The number of benzene rings is 1. The van der Waals surface area contributed by atoms with Crippen LogP contribution in [0.3, 0.4) is 0 Å². The molecular weight excluding hydrogens is 240 g/mol. The molecule has 0 amide bonds. The van der Waals surface area contributed by atoms with Crippen molar-refractivity contribution < 1.29 is 4.74 Å². The fraction of sp³-hybridized carbons (Fsp3) is 0.286. The summed E-state index contributed by atoms with van der Waals surface area (Å²) in [5, 5.41) is 7.78. The molecule has 1 N–H and O–H groups in total. The van der Waals surface area contributed by atoms with E-state index >= 15 is 0 Å². The first-order valence-corrected chi connectivity index (χ1v) is 6.31. The Morgan fingerprint density at radius 1 is 1.21 bits per heavy atom. The van der Waals surface area contributed by atoms with Gasteiger partial charge in [0.05, 0.1) is 29.3 Å². The lowest BCUT2D eigenvalue weighted by Crippen LogP contribution is -2.13. The number of aliphatic imine (C=N–C) groups is 1. The maximum Gasteiger partial charge on any atom is 0.289 e. The zero-order chi connectivity index (χ0) is 13.2. The van der Waals surface area contributed by atoms with Crippen LogP contribution in [0.5, 0.6) is 0 Å². The number of hydrogen-bond donors (Lipinski definition) is 1. The van der Waals surface area contributed by atoms with Crippen molar-refractivity contribution in [1.29, 1.82) is 0 Å². The number of aromatic nitrogens is 2. The third-order valence-corrected chi connectivity index (χ3v) is 3.11. The monoisotopic (exact) mass is 256 g/mol. The highest BCUT2D eigenvalue weighted by Gasteiger charge is 2.16. The van der Waals surface area contributed by atoms with E-state index < -0.39 is 0 Å². The highest BCUT2D eigenvalue weighted by Crippen LogP contribution is 2.23. The molecule has 0 atom stereocenters. The summed E-state index contributed by atoms with van der Waals surface area (Å²) in [5.41, 5.74) is 3.98. The fourth-order valence-corrected chi connectivity index (χ4v) is 2.16. The summed E-state index contributed by atoms with van der Waals surface area (Å²) in [6.07, 6.45) is 0. The van der Waals surface area contributed by atoms with Crippen LogP contribution in [0.4, 0.5) is 5.69 Å². The van der Waals surface area contributed by atoms with Crippen LogP contribution in [0.25, 0.3) is 5.69 Å². The number of amidine groups is 1. The lowest BCUT2D eigenvalue weighted by atomic mass is 10.3. The van der Waals surface area contributed by atoms with E-state index in [0.717, 1.165) is 22.8 Å². The second kappa shape index (κ2) is 4.76. The molecule has 1 aromatic heterocycles. The molecule has 0 unspecified atom stereocenters. The molecule has 0 spiro atoms. The van der Waals surface area contributed by atoms with E-state index in [-0.39, 0.29) is 0 Å². The van der Waals surface area contributed by atoms with Crippen LogP contribution in [0, 0.1) is 13.8 Å². The first-order valence-electron chi connectivity index (χ1n) is 6.31. The summed E-state index contributed by atoms with van der Waals surface area (Å²) in [6.45, 7) is 5.37. The molecule has 1 aliphatic heterocycles.